The predicted octanol–water partition coefficient (Wildman–Crippen LogP) is 4.99. The number of rotatable bonds is 2. The maximum Gasteiger partial charge on any atom is 0.142 e. The molecule has 1 nitrogen and oxygen atoms in total. The van der Waals surface area contributed by atoms with Gasteiger partial charge in [0.2, 0.25) is 0 Å². The summed E-state index contributed by atoms with van der Waals surface area (Å²) in [5.41, 5.74) is -0.0339. The Labute approximate surface area is 126 Å². The van der Waals surface area contributed by atoms with Crippen LogP contribution in [0.2, 0.25) is 5.02 Å². The zero-order valence-corrected chi connectivity index (χ0v) is 13.3. The van der Waals surface area contributed by atoms with Crippen LogP contribution >= 0.6 is 11.6 Å². The van der Waals surface area contributed by atoms with Crippen LogP contribution < -0.4 is 0 Å². The van der Waals surface area contributed by atoms with Crippen molar-refractivity contribution < 1.29 is 9.50 Å². The molecule has 2 atom stereocenters. The molecule has 2 unspecified atom stereocenters. The third kappa shape index (κ3) is 3.17. The summed E-state index contributed by atoms with van der Waals surface area (Å²) in [5, 5.41) is 11.3. The van der Waals surface area contributed by atoms with Gasteiger partial charge in [-0.05, 0) is 35.8 Å². The molecule has 1 aromatic rings. The Morgan fingerprint density at radius 3 is 2.70 bits per heavy atom. The molecule has 0 radical (unpaired) electrons. The molecular formula is C17H24ClFO. The highest BCUT2D eigenvalue weighted by Crippen LogP contribution is 2.46. The minimum Gasteiger partial charge on any atom is -0.389 e. The zero-order chi connectivity index (χ0) is 15.0. The van der Waals surface area contributed by atoms with Gasteiger partial charge in [0.1, 0.15) is 5.82 Å². The molecule has 0 amide bonds. The Bertz CT molecular complexity index is 480. The molecule has 3 heteroatoms. The van der Waals surface area contributed by atoms with Gasteiger partial charge in [0, 0.05) is 6.42 Å². The van der Waals surface area contributed by atoms with Gasteiger partial charge in [-0.1, -0.05) is 57.3 Å². The lowest BCUT2D eigenvalue weighted by Gasteiger charge is -2.47. The summed E-state index contributed by atoms with van der Waals surface area (Å²) in [5.74, 6) is -0.195. The molecule has 1 saturated carbocycles. The Balaban J connectivity index is 2.30. The molecule has 112 valence electrons. The van der Waals surface area contributed by atoms with E-state index in [4.69, 9.17) is 11.6 Å². The number of hydrogen-bond donors (Lipinski definition) is 1. The lowest BCUT2D eigenvalue weighted by Crippen LogP contribution is -2.48. The lowest BCUT2D eigenvalue weighted by molar-refractivity contribution is -0.0889. The fourth-order valence-electron chi connectivity index (χ4n) is 3.69. The number of benzene rings is 1. The van der Waals surface area contributed by atoms with Gasteiger partial charge in [-0.15, -0.1) is 0 Å². The van der Waals surface area contributed by atoms with Crippen LogP contribution in [0.1, 0.15) is 52.0 Å². The molecule has 0 bridgehead atoms. The van der Waals surface area contributed by atoms with Crippen molar-refractivity contribution in [2.24, 2.45) is 11.3 Å². The first kappa shape index (κ1) is 15.8. The minimum atomic E-state index is -0.784. The van der Waals surface area contributed by atoms with Crippen LogP contribution in [0.3, 0.4) is 0 Å². The van der Waals surface area contributed by atoms with Crippen molar-refractivity contribution in [3.63, 3.8) is 0 Å². The second kappa shape index (κ2) is 5.65. The highest BCUT2D eigenvalue weighted by molar-refractivity contribution is 6.31. The summed E-state index contributed by atoms with van der Waals surface area (Å²) in [7, 11) is 0. The van der Waals surface area contributed by atoms with E-state index in [2.05, 4.69) is 20.8 Å². The van der Waals surface area contributed by atoms with Crippen LogP contribution in [0.15, 0.2) is 18.2 Å². The Hall–Kier alpha value is -0.600. The molecule has 1 aromatic carbocycles. The molecule has 1 aliphatic rings. The first-order chi connectivity index (χ1) is 9.24. The maximum atomic E-state index is 13.6. The van der Waals surface area contributed by atoms with E-state index in [0.717, 1.165) is 25.7 Å². The van der Waals surface area contributed by atoms with Gasteiger partial charge >= 0.3 is 0 Å². The largest absolute Gasteiger partial charge is 0.389 e. The standard InChI is InChI=1S/C17H24ClFO/c1-16(2,3)14-9-4-5-10-17(14,20)11-12-7-6-8-13(19)15(12)18/h6-8,14,20H,4-5,9-11H2,1-3H3. The van der Waals surface area contributed by atoms with Crippen molar-refractivity contribution >= 4 is 11.6 Å². The van der Waals surface area contributed by atoms with Crippen LogP contribution in [0.5, 0.6) is 0 Å². The normalized spacial score (nSPS) is 27.6. The summed E-state index contributed by atoms with van der Waals surface area (Å²) < 4.78 is 13.6. The lowest BCUT2D eigenvalue weighted by atomic mass is 9.62. The van der Waals surface area contributed by atoms with Gasteiger partial charge in [-0.2, -0.15) is 0 Å². The van der Waals surface area contributed by atoms with Gasteiger partial charge in [0.05, 0.1) is 10.6 Å². The van der Waals surface area contributed by atoms with Gasteiger partial charge in [0.15, 0.2) is 0 Å². The number of aliphatic hydroxyl groups is 1. The molecule has 0 saturated heterocycles. The molecule has 1 aliphatic carbocycles. The van der Waals surface area contributed by atoms with E-state index in [1.165, 1.54) is 6.07 Å². The predicted molar refractivity (Wildman–Crippen MR) is 81.5 cm³/mol. The van der Waals surface area contributed by atoms with Crippen molar-refractivity contribution in [2.45, 2.75) is 58.5 Å². The summed E-state index contributed by atoms with van der Waals surface area (Å²) in [4.78, 5) is 0. The van der Waals surface area contributed by atoms with Crippen LogP contribution in [-0.2, 0) is 6.42 Å². The summed E-state index contributed by atoms with van der Waals surface area (Å²) in [6.07, 6.45) is 4.40. The number of halogens is 2. The maximum absolute atomic E-state index is 13.6. The molecule has 0 aromatic heterocycles. The average molecular weight is 299 g/mol. The fourth-order valence-corrected chi connectivity index (χ4v) is 3.88. The van der Waals surface area contributed by atoms with E-state index in [0.29, 0.717) is 12.0 Å². The van der Waals surface area contributed by atoms with Crippen LogP contribution in [0.25, 0.3) is 0 Å². The summed E-state index contributed by atoms with van der Waals surface area (Å²) in [6.45, 7) is 6.50. The van der Waals surface area contributed by atoms with E-state index in [-0.39, 0.29) is 16.4 Å². The molecular weight excluding hydrogens is 275 g/mol. The highest BCUT2D eigenvalue weighted by Gasteiger charge is 2.44. The zero-order valence-electron chi connectivity index (χ0n) is 12.5. The van der Waals surface area contributed by atoms with Crippen molar-refractivity contribution in [2.75, 3.05) is 0 Å². The van der Waals surface area contributed by atoms with Crippen molar-refractivity contribution in [1.29, 1.82) is 0 Å². The Morgan fingerprint density at radius 2 is 2.05 bits per heavy atom. The SMILES string of the molecule is CC(C)(C)C1CCCCC1(O)Cc1cccc(F)c1Cl. The molecule has 2 rings (SSSR count). The quantitative estimate of drug-likeness (QED) is 0.815. The van der Waals surface area contributed by atoms with Crippen LogP contribution in [0.4, 0.5) is 4.39 Å². The minimum absolute atomic E-state index is 0.0367. The molecule has 1 fully saturated rings. The van der Waals surface area contributed by atoms with Crippen LogP contribution in [0, 0.1) is 17.2 Å². The van der Waals surface area contributed by atoms with E-state index >= 15 is 0 Å². The van der Waals surface area contributed by atoms with Crippen molar-refractivity contribution in [1.82, 2.24) is 0 Å². The van der Waals surface area contributed by atoms with E-state index in [1.807, 2.05) is 6.07 Å². The monoisotopic (exact) mass is 298 g/mol. The Kier molecular flexibility index (Phi) is 4.46. The number of hydrogen-bond acceptors (Lipinski definition) is 1. The topological polar surface area (TPSA) is 20.2 Å². The highest BCUT2D eigenvalue weighted by atomic mass is 35.5. The summed E-state index contributed by atoms with van der Waals surface area (Å²) >= 11 is 6.05. The first-order valence-corrected chi connectivity index (χ1v) is 7.77. The third-order valence-corrected chi connectivity index (χ3v) is 5.00. The van der Waals surface area contributed by atoms with Gasteiger partial charge < -0.3 is 5.11 Å². The molecule has 20 heavy (non-hydrogen) atoms. The summed E-state index contributed by atoms with van der Waals surface area (Å²) in [6, 6.07) is 4.84. The molecule has 0 spiro atoms. The van der Waals surface area contributed by atoms with Gasteiger partial charge in [0.25, 0.3) is 0 Å². The van der Waals surface area contributed by atoms with Crippen molar-refractivity contribution in [3.05, 3.63) is 34.6 Å². The first-order valence-electron chi connectivity index (χ1n) is 7.39. The van der Waals surface area contributed by atoms with E-state index < -0.39 is 11.4 Å². The smallest absolute Gasteiger partial charge is 0.142 e. The van der Waals surface area contributed by atoms with E-state index in [9.17, 15) is 9.50 Å². The Morgan fingerprint density at radius 1 is 1.35 bits per heavy atom. The van der Waals surface area contributed by atoms with E-state index in [1.54, 1.807) is 6.07 Å². The molecule has 1 N–H and O–H groups in total. The van der Waals surface area contributed by atoms with Crippen molar-refractivity contribution in [3.8, 4) is 0 Å². The van der Waals surface area contributed by atoms with Gasteiger partial charge in [-0.3, -0.25) is 0 Å². The molecule has 0 heterocycles. The average Bonchev–Trinajstić information content (AvgIpc) is 2.34. The molecule has 0 aliphatic heterocycles. The van der Waals surface area contributed by atoms with Crippen LogP contribution in [-0.4, -0.2) is 10.7 Å². The van der Waals surface area contributed by atoms with Gasteiger partial charge in [-0.25, -0.2) is 4.39 Å². The second-order valence-electron chi connectivity index (χ2n) is 7.16. The fraction of sp³-hybridized carbons (Fsp3) is 0.647. The second-order valence-corrected chi connectivity index (χ2v) is 7.54. The third-order valence-electron chi connectivity index (χ3n) is 4.57.